The Morgan fingerprint density at radius 2 is 2.14 bits per heavy atom. The van der Waals surface area contributed by atoms with Crippen molar-refractivity contribution < 1.29 is 9.18 Å². The number of carbonyl (C=O) groups is 1. The summed E-state index contributed by atoms with van der Waals surface area (Å²) in [6.45, 7) is 3.04. The van der Waals surface area contributed by atoms with Crippen LogP contribution in [0.2, 0.25) is 0 Å². The van der Waals surface area contributed by atoms with Crippen LogP contribution in [0.25, 0.3) is 0 Å². The third kappa shape index (κ3) is 4.28. The lowest BCUT2D eigenvalue weighted by Gasteiger charge is -2.12. The van der Waals surface area contributed by atoms with Crippen LogP contribution in [0.15, 0.2) is 34.1 Å². The molecule has 0 atom stereocenters. The fraction of sp³-hybridized carbons (Fsp3) is 0.267. The molecule has 1 heterocycles. The average molecular weight is 371 g/mol. The summed E-state index contributed by atoms with van der Waals surface area (Å²) in [6.07, 6.45) is 0.860. The SMILES string of the molecule is CCCNc1c(F)cccc1C(=O)NCc1ccc(Br)s1. The number of nitrogens with one attached hydrogen (secondary N) is 2. The molecule has 0 aliphatic rings. The van der Waals surface area contributed by atoms with Crippen LogP contribution in [0.4, 0.5) is 10.1 Å². The van der Waals surface area contributed by atoms with Crippen molar-refractivity contribution >= 4 is 38.9 Å². The van der Waals surface area contributed by atoms with Gasteiger partial charge in [-0.05, 0) is 46.6 Å². The smallest absolute Gasteiger partial charge is 0.253 e. The van der Waals surface area contributed by atoms with Crippen LogP contribution >= 0.6 is 27.3 Å². The Labute approximate surface area is 135 Å². The van der Waals surface area contributed by atoms with Gasteiger partial charge in [-0.15, -0.1) is 11.3 Å². The Kier molecular flexibility index (Phi) is 5.76. The molecule has 0 aliphatic carbocycles. The van der Waals surface area contributed by atoms with Crippen molar-refractivity contribution in [2.75, 3.05) is 11.9 Å². The van der Waals surface area contributed by atoms with Gasteiger partial charge in [-0.1, -0.05) is 13.0 Å². The minimum absolute atomic E-state index is 0.268. The molecule has 2 rings (SSSR count). The van der Waals surface area contributed by atoms with Gasteiger partial charge in [0.05, 0.1) is 21.6 Å². The van der Waals surface area contributed by atoms with Crippen molar-refractivity contribution in [1.29, 1.82) is 0 Å². The molecule has 1 aromatic heterocycles. The minimum Gasteiger partial charge on any atom is -0.382 e. The molecule has 0 aliphatic heterocycles. The quantitative estimate of drug-likeness (QED) is 0.790. The topological polar surface area (TPSA) is 41.1 Å². The summed E-state index contributed by atoms with van der Waals surface area (Å²) >= 11 is 4.94. The van der Waals surface area contributed by atoms with E-state index in [0.717, 1.165) is 15.1 Å². The van der Waals surface area contributed by atoms with Crippen molar-refractivity contribution in [3.8, 4) is 0 Å². The molecular weight excluding hydrogens is 355 g/mol. The van der Waals surface area contributed by atoms with Crippen LogP contribution < -0.4 is 10.6 Å². The van der Waals surface area contributed by atoms with E-state index in [1.807, 2.05) is 19.1 Å². The molecule has 6 heteroatoms. The molecule has 1 aromatic carbocycles. The molecule has 2 N–H and O–H groups in total. The highest BCUT2D eigenvalue weighted by Gasteiger charge is 2.14. The normalized spacial score (nSPS) is 10.4. The first-order valence-electron chi connectivity index (χ1n) is 6.66. The number of halogens is 2. The lowest BCUT2D eigenvalue weighted by atomic mass is 10.1. The van der Waals surface area contributed by atoms with Crippen LogP contribution in [-0.2, 0) is 6.54 Å². The van der Waals surface area contributed by atoms with E-state index in [-0.39, 0.29) is 11.6 Å². The zero-order valence-electron chi connectivity index (χ0n) is 11.6. The molecule has 0 fully saturated rings. The molecule has 21 heavy (non-hydrogen) atoms. The van der Waals surface area contributed by atoms with E-state index >= 15 is 0 Å². The standard InChI is InChI=1S/C15H16BrFN2OS/c1-2-8-18-14-11(4-3-5-12(14)17)15(20)19-9-10-6-7-13(16)21-10/h3-7,18H,2,8-9H2,1H3,(H,19,20). The number of carbonyl (C=O) groups excluding carboxylic acids is 1. The lowest BCUT2D eigenvalue weighted by molar-refractivity contribution is 0.0951. The van der Waals surface area contributed by atoms with Crippen LogP contribution in [0.1, 0.15) is 28.6 Å². The summed E-state index contributed by atoms with van der Waals surface area (Å²) < 4.78 is 14.9. The van der Waals surface area contributed by atoms with Crippen LogP contribution in [0.5, 0.6) is 0 Å². The third-order valence-electron chi connectivity index (χ3n) is 2.86. The van der Waals surface area contributed by atoms with Gasteiger partial charge in [0, 0.05) is 11.4 Å². The zero-order valence-corrected chi connectivity index (χ0v) is 14.0. The largest absolute Gasteiger partial charge is 0.382 e. The summed E-state index contributed by atoms with van der Waals surface area (Å²) in [7, 11) is 0. The fourth-order valence-electron chi connectivity index (χ4n) is 1.85. The van der Waals surface area contributed by atoms with Crippen molar-refractivity contribution in [2.45, 2.75) is 19.9 Å². The van der Waals surface area contributed by atoms with E-state index < -0.39 is 5.82 Å². The molecule has 0 unspecified atom stereocenters. The summed E-state index contributed by atoms with van der Waals surface area (Å²) in [6, 6.07) is 8.40. The highest BCUT2D eigenvalue weighted by atomic mass is 79.9. The number of rotatable bonds is 6. The van der Waals surface area contributed by atoms with Gasteiger partial charge in [0.2, 0.25) is 0 Å². The fourth-order valence-corrected chi connectivity index (χ4v) is 3.28. The van der Waals surface area contributed by atoms with E-state index in [9.17, 15) is 9.18 Å². The molecule has 0 spiro atoms. The highest BCUT2D eigenvalue weighted by Crippen LogP contribution is 2.23. The van der Waals surface area contributed by atoms with Gasteiger partial charge in [0.25, 0.3) is 5.91 Å². The molecule has 1 amide bonds. The van der Waals surface area contributed by atoms with E-state index in [0.29, 0.717) is 18.7 Å². The number of benzene rings is 1. The van der Waals surface area contributed by atoms with Gasteiger partial charge in [-0.25, -0.2) is 4.39 Å². The molecule has 0 bridgehead atoms. The Morgan fingerprint density at radius 1 is 1.33 bits per heavy atom. The van der Waals surface area contributed by atoms with Crippen molar-refractivity contribution in [3.63, 3.8) is 0 Å². The third-order valence-corrected chi connectivity index (χ3v) is 4.49. The number of hydrogen-bond acceptors (Lipinski definition) is 3. The molecule has 112 valence electrons. The summed E-state index contributed by atoms with van der Waals surface area (Å²) in [5.41, 5.74) is 0.600. The number of anilines is 1. The van der Waals surface area contributed by atoms with Gasteiger partial charge < -0.3 is 10.6 Å². The number of amides is 1. The first kappa shape index (κ1) is 16.0. The Balaban J connectivity index is 2.09. The summed E-state index contributed by atoms with van der Waals surface area (Å²) in [5.74, 6) is -0.687. The molecule has 2 aromatic rings. The second-order valence-corrected chi connectivity index (χ2v) is 7.03. The number of hydrogen-bond donors (Lipinski definition) is 2. The van der Waals surface area contributed by atoms with Crippen molar-refractivity contribution in [3.05, 3.63) is 50.4 Å². The first-order valence-corrected chi connectivity index (χ1v) is 8.27. The molecule has 3 nitrogen and oxygen atoms in total. The van der Waals surface area contributed by atoms with Crippen LogP contribution in [0, 0.1) is 5.82 Å². The van der Waals surface area contributed by atoms with E-state index in [2.05, 4.69) is 26.6 Å². The second kappa shape index (κ2) is 7.56. The van der Waals surface area contributed by atoms with Gasteiger partial charge in [-0.3, -0.25) is 4.79 Å². The maximum absolute atomic E-state index is 13.9. The van der Waals surface area contributed by atoms with Crippen molar-refractivity contribution in [1.82, 2.24) is 5.32 Å². The Hall–Kier alpha value is -1.40. The molecule has 0 saturated carbocycles. The van der Waals surface area contributed by atoms with Crippen LogP contribution in [-0.4, -0.2) is 12.5 Å². The number of para-hydroxylation sites is 1. The molecule has 0 saturated heterocycles. The van der Waals surface area contributed by atoms with Crippen molar-refractivity contribution in [2.24, 2.45) is 0 Å². The lowest BCUT2D eigenvalue weighted by Crippen LogP contribution is -2.24. The minimum atomic E-state index is -0.407. The average Bonchev–Trinajstić information content (AvgIpc) is 2.89. The predicted molar refractivity (Wildman–Crippen MR) is 88.4 cm³/mol. The zero-order chi connectivity index (χ0) is 15.2. The Morgan fingerprint density at radius 3 is 2.81 bits per heavy atom. The summed E-state index contributed by atoms with van der Waals surface area (Å²) in [4.78, 5) is 13.3. The predicted octanol–water partition coefficient (Wildman–Crippen LogP) is 4.40. The van der Waals surface area contributed by atoms with Crippen LogP contribution in [0.3, 0.4) is 0 Å². The molecule has 0 radical (unpaired) electrons. The Bertz CT molecular complexity index is 630. The molecular formula is C15H16BrFN2OS. The maximum Gasteiger partial charge on any atom is 0.253 e. The van der Waals surface area contributed by atoms with Gasteiger partial charge in [-0.2, -0.15) is 0 Å². The van der Waals surface area contributed by atoms with Gasteiger partial charge in [0.15, 0.2) is 0 Å². The second-order valence-electron chi connectivity index (χ2n) is 4.48. The maximum atomic E-state index is 13.9. The highest BCUT2D eigenvalue weighted by molar-refractivity contribution is 9.11. The van der Waals surface area contributed by atoms with E-state index in [1.54, 1.807) is 23.5 Å². The van der Waals surface area contributed by atoms with E-state index in [1.165, 1.54) is 6.07 Å². The van der Waals surface area contributed by atoms with Gasteiger partial charge >= 0.3 is 0 Å². The summed E-state index contributed by atoms with van der Waals surface area (Å²) in [5, 5.41) is 5.79. The van der Waals surface area contributed by atoms with Gasteiger partial charge in [0.1, 0.15) is 5.82 Å². The number of thiophene rings is 1. The monoisotopic (exact) mass is 370 g/mol. The first-order chi connectivity index (χ1) is 10.1. The van der Waals surface area contributed by atoms with E-state index in [4.69, 9.17) is 0 Å².